The maximum absolute atomic E-state index is 11.6. The number of hydrogen-bond acceptors (Lipinski definition) is 3. The van der Waals surface area contributed by atoms with Crippen molar-refractivity contribution in [1.82, 2.24) is 4.57 Å². The molecule has 0 aromatic carbocycles. The Hall–Kier alpha value is -1.13. The van der Waals surface area contributed by atoms with E-state index in [4.69, 9.17) is 9.47 Å². The molecule has 0 N–H and O–H groups in total. The van der Waals surface area contributed by atoms with Gasteiger partial charge in [-0.3, -0.25) is 4.79 Å². The third-order valence-corrected chi connectivity index (χ3v) is 2.14. The van der Waals surface area contributed by atoms with Crippen LogP contribution in [-0.4, -0.2) is 36.3 Å². The molecule has 0 spiro atoms. The minimum absolute atomic E-state index is 0.00273. The Balaban J connectivity index is 2.19. The van der Waals surface area contributed by atoms with Gasteiger partial charge in [0.05, 0.1) is 25.0 Å². The fourth-order valence-corrected chi connectivity index (χ4v) is 1.33. The summed E-state index contributed by atoms with van der Waals surface area (Å²) in [6.45, 7) is 5.02. The molecule has 4 nitrogen and oxygen atoms in total. The highest BCUT2D eigenvalue weighted by Gasteiger charge is 2.08. The van der Waals surface area contributed by atoms with E-state index in [2.05, 4.69) is 0 Å². The summed E-state index contributed by atoms with van der Waals surface area (Å²) < 4.78 is 12.3. The number of ketones is 1. The summed E-state index contributed by atoms with van der Waals surface area (Å²) in [4.78, 5) is 11.6. The Bertz CT molecular complexity index is 331. The largest absolute Gasteiger partial charge is 0.376 e. The van der Waals surface area contributed by atoms with Crippen LogP contribution in [0.5, 0.6) is 0 Å². The van der Waals surface area contributed by atoms with E-state index in [1.807, 2.05) is 33.2 Å². The van der Waals surface area contributed by atoms with Gasteiger partial charge in [0, 0.05) is 13.2 Å². The molecule has 0 saturated carbocycles. The van der Waals surface area contributed by atoms with Crippen LogP contribution in [0.15, 0.2) is 18.3 Å². The van der Waals surface area contributed by atoms with Crippen molar-refractivity contribution in [3.05, 3.63) is 24.0 Å². The summed E-state index contributed by atoms with van der Waals surface area (Å²) in [6.07, 6.45) is 2.04. The maximum Gasteiger partial charge on any atom is 0.204 e. The zero-order valence-electron chi connectivity index (χ0n) is 10.1. The molecule has 0 radical (unpaired) electrons. The molecule has 0 saturated heterocycles. The molecule has 4 heteroatoms. The average molecular weight is 225 g/mol. The average Bonchev–Trinajstić information content (AvgIpc) is 2.63. The van der Waals surface area contributed by atoms with Crippen LogP contribution in [0.25, 0.3) is 0 Å². The third kappa shape index (κ3) is 4.16. The zero-order valence-corrected chi connectivity index (χ0v) is 10.1. The zero-order chi connectivity index (χ0) is 12.0. The number of ether oxygens (including phenoxy) is 2. The van der Waals surface area contributed by atoms with Crippen LogP contribution in [0.2, 0.25) is 0 Å². The predicted octanol–water partition coefficient (Wildman–Crippen LogP) is 1.65. The van der Waals surface area contributed by atoms with Crippen LogP contribution in [0.4, 0.5) is 0 Å². The van der Waals surface area contributed by atoms with E-state index >= 15 is 0 Å². The van der Waals surface area contributed by atoms with Gasteiger partial charge in [-0.15, -0.1) is 0 Å². The Morgan fingerprint density at radius 2 is 2.19 bits per heavy atom. The summed E-state index contributed by atoms with van der Waals surface area (Å²) in [5.41, 5.74) is 0.671. The minimum Gasteiger partial charge on any atom is -0.376 e. The molecule has 90 valence electrons. The maximum atomic E-state index is 11.6. The van der Waals surface area contributed by atoms with Gasteiger partial charge in [-0.2, -0.15) is 0 Å². The van der Waals surface area contributed by atoms with Crippen LogP contribution in [0.1, 0.15) is 24.3 Å². The summed E-state index contributed by atoms with van der Waals surface area (Å²) in [6, 6.07) is 3.63. The number of aromatic nitrogens is 1. The Morgan fingerprint density at radius 1 is 1.44 bits per heavy atom. The summed E-state index contributed by atoms with van der Waals surface area (Å²) in [5, 5.41) is 0. The lowest BCUT2D eigenvalue weighted by atomic mass is 10.3. The lowest BCUT2D eigenvalue weighted by molar-refractivity contribution is 0.0206. The Labute approximate surface area is 96.2 Å². The van der Waals surface area contributed by atoms with Crippen molar-refractivity contribution in [2.24, 2.45) is 7.05 Å². The van der Waals surface area contributed by atoms with E-state index in [1.54, 1.807) is 10.6 Å². The van der Waals surface area contributed by atoms with Gasteiger partial charge in [0.2, 0.25) is 5.78 Å². The van der Waals surface area contributed by atoms with Gasteiger partial charge >= 0.3 is 0 Å². The van der Waals surface area contributed by atoms with Crippen molar-refractivity contribution in [3.8, 4) is 0 Å². The fourth-order valence-electron chi connectivity index (χ4n) is 1.33. The van der Waals surface area contributed by atoms with E-state index in [1.165, 1.54) is 0 Å². The molecule has 1 aromatic heterocycles. The smallest absolute Gasteiger partial charge is 0.204 e. The molecule has 0 bridgehead atoms. The highest BCUT2D eigenvalue weighted by molar-refractivity contribution is 5.95. The van der Waals surface area contributed by atoms with Gasteiger partial charge in [-0.05, 0) is 26.0 Å². The number of carbonyl (C=O) groups is 1. The van der Waals surface area contributed by atoms with E-state index in [9.17, 15) is 4.79 Å². The first-order chi connectivity index (χ1) is 7.61. The van der Waals surface area contributed by atoms with Crippen LogP contribution >= 0.6 is 0 Å². The monoisotopic (exact) mass is 225 g/mol. The Morgan fingerprint density at radius 3 is 2.75 bits per heavy atom. The molecule has 0 aliphatic carbocycles. The molecule has 16 heavy (non-hydrogen) atoms. The normalized spacial score (nSPS) is 11.0. The van der Waals surface area contributed by atoms with Gasteiger partial charge in [-0.25, -0.2) is 0 Å². The topological polar surface area (TPSA) is 40.5 Å². The summed E-state index contributed by atoms with van der Waals surface area (Å²) in [7, 11) is 1.84. The molecule has 0 atom stereocenters. The third-order valence-electron chi connectivity index (χ3n) is 2.14. The van der Waals surface area contributed by atoms with Crippen molar-refractivity contribution in [2.75, 3.05) is 19.8 Å². The second-order valence-electron chi connectivity index (χ2n) is 3.90. The van der Waals surface area contributed by atoms with E-state index in [0.29, 0.717) is 18.9 Å². The number of carbonyl (C=O) groups excluding carboxylic acids is 1. The number of aryl methyl sites for hydroxylation is 1. The summed E-state index contributed by atoms with van der Waals surface area (Å²) >= 11 is 0. The van der Waals surface area contributed by atoms with Crippen LogP contribution in [0.3, 0.4) is 0 Å². The molecule has 0 unspecified atom stereocenters. The van der Waals surface area contributed by atoms with Gasteiger partial charge in [0.25, 0.3) is 0 Å². The molecule has 0 aliphatic heterocycles. The molecule has 1 rings (SSSR count). The van der Waals surface area contributed by atoms with Crippen molar-refractivity contribution in [1.29, 1.82) is 0 Å². The van der Waals surface area contributed by atoms with Crippen LogP contribution < -0.4 is 0 Å². The van der Waals surface area contributed by atoms with Crippen molar-refractivity contribution in [2.45, 2.75) is 20.0 Å². The summed E-state index contributed by atoms with van der Waals surface area (Å²) in [5.74, 6) is -0.00273. The first-order valence-corrected chi connectivity index (χ1v) is 5.45. The number of Topliss-reactive ketones (excluding diaryl/α,β-unsaturated/α-hetero) is 1. The van der Waals surface area contributed by atoms with E-state index in [0.717, 1.165) is 0 Å². The van der Waals surface area contributed by atoms with E-state index < -0.39 is 0 Å². The number of rotatable bonds is 7. The predicted molar refractivity (Wildman–Crippen MR) is 61.7 cm³/mol. The quantitative estimate of drug-likeness (QED) is 0.523. The lowest BCUT2D eigenvalue weighted by Gasteiger charge is -2.07. The highest BCUT2D eigenvalue weighted by atomic mass is 16.5. The molecule has 1 aromatic rings. The Kier molecular flexibility index (Phi) is 5.22. The first kappa shape index (κ1) is 12.9. The second-order valence-corrected chi connectivity index (χ2v) is 3.90. The van der Waals surface area contributed by atoms with Gasteiger partial charge < -0.3 is 14.0 Å². The van der Waals surface area contributed by atoms with Crippen LogP contribution in [0, 0.1) is 0 Å². The van der Waals surface area contributed by atoms with Gasteiger partial charge in [0.1, 0.15) is 6.61 Å². The molecule has 0 fully saturated rings. The number of nitrogens with zero attached hydrogens (tertiary/aromatic N) is 1. The van der Waals surface area contributed by atoms with Gasteiger partial charge in [0.15, 0.2) is 0 Å². The standard InChI is InChI=1S/C12H19NO3/c1-10(2)16-8-7-15-9-12(14)11-5-4-6-13(11)3/h4-6,10H,7-9H2,1-3H3. The molecule has 1 heterocycles. The number of hydrogen-bond donors (Lipinski definition) is 0. The van der Waals surface area contributed by atoms with Crippen LogP contribution in [-0.2, 0) is 16.5 Å². The first-order valence-electron chi connectivity index (χ1n) is 5.45. The minimum atomic E-state index is -0.00273. The molecule has 0 aliphatic rings. The lowest BCUT2D eigenvalue weighted by Crippen LogP contribution is -2.16. The second kappa shape index (κ2) is 6.45. The molecular formula is C12H19NO3. The highest BCUT2D eigenvalue weighted by Crippen LogP contribution is 2.01. The van der Waals surface area contributed by atoms with Gasteiger partial charge in [-0.1, -0.05) is 0 Å². The van der Waals surface area contributed by atoms with E-state index in [-0.39, 0.29) is 18.5 Å². The molecule has 0 amide bonds. The van der Waals surface area contributed by atoms with Crippen molar-refractivity contribution < 1.29 is 14.3 Å². The SMILES string of the molecule is CC(C)OCCOCC(=O)c1cccn1C. The van der Waals surface area contributed by atoms with Crippen molar-refractivity contribution >= 4 is 5.78 Å². The van der Waals surface area contributed by atoms with Crippen molar-refractivity contribution in [3.63, 3.8) is 0 Å². The fraction of sp³-hybridized carbons (Fsp3) is 0.583. The molecular weight excluding hydrogens is 206 g/mol.